The van der Waals surface area contributed by atoms with Gasteiger partial charge in [-0.15, -0.1) is 11.6 Å². The van der Waals surface area contributed by atoms with Gasteiger partial charge in [-0.2, -0.15) is 0 Å². The van der Waals surface area contributed by atoms with E-state index < -0.39 is 0 Å². The lowest BCUT2D eigenvalue weighted by molar-refractivity contribution is -0.140. The van der Waals surface area contributed by atoms with Crippen LogP contribution in [0.1, 0.15) is 12.0 Å². The first kappa shape index (κ1) is 12.3. The van der Waals surface area contributed by atoms with Gasteiger partial charge in [0.2, 0.25) is 0 Å². The molecule has 0 fully saturated rings. The molecule has 4 heteroatoms. The van der Waals surface area contributed by atoms with Crippen molar-refractivity contribution in [2.45, 2.75) is 18.2 Å². The van der Waals surface area contributed by atoms with Crippen molar-refractivity contribution in [3.63, 3.8) is 0 Å². The van der Waals surface area contributed by atoms with Crippen LogP contribution >= 0.6 is 23.2 Å². The normalized spacial score (nSPS) is 12.2. The van der Waals surface area contributed by atoms with Crippen molar-refractivity contribution in [2.75, 3.05) is 7.11 Å². The predicted octanol–water partition coefficient (Wildman–Crippen LogP) is 3.05. The molecule has 15 heavy (non-hydrogen) atoms. The molecule has 0 radical (unpaired) electrons. The second-order valence-electron chi connectivity index (χ2n) is 3.21. The fourth-order valence-electron chi connectivity index (χ4n) is 1.21. The summed E-state index contributed by atoms with van der Waals surface area (Å²) < 4.78 is 4.53. The summed E-state index contributed by atoms with van der Waals surface area (Å²) in [6.07, 6.45) is 0.856. The fraction of sp³-hybridized carbons (Fsp3) is 0.364. The SMILES string of the molecule is COC(=O)CC(Cl)Cc1ccc(Cl)cc1. The second-order valence-corrected chi connectivity index (χ2v) is 4.26. The van der Waals surface area contributed by atoms with Crippen LogP contribution < -0.4 is 0 Å². The standard InChI is InChI=1S/C11H12Cl2O2/c1-15-11(14)7-10(13)6-8-2-4-9(12)5-3-8/h2-5,10H,6-7H2,1H3. The molecule has 0 saturated carbocycles. The number of halogens is 2. The maximum atomic E-state index is 10.9. The maximum absolute atomic E-state index is 10.9. The lowest BCUT2D eigenvalue weighted by Gasteiger charge is -2.07. The Morgan fingerprint density at radius 3 is 2.53 bits per heavy atom. The molecule has 0 aliphatic carbocycles. The van der Waals surface area contributed by atoms with Crippen LogP contribution in [0.25, 0.3) is 0 Å². The van der Waals surface area contributed by atoms with Gasteiger partial charge in [0.25, 0.3) is 0 Å². The molecular formula is C11H12Cl2O2. The molecular weight excluding hydrogens is 235 g/mol. The van der Waals surface area contributed by atoms with Gasteiger partial charge < -0.3 is 4.74 Å². The molecule has 0 spiro atoms. The Morgan fingerprint density at radius 1 is 1.40 bits per heavy atom. The summed E-state index contributed by atoms with van der Waals surface area (Å²) in [4.78, 5) is 10.9. The van der Waals surface area contributed by atoms with Crippen molar-refractivity contribution in [3.8, 4) is 0 Å². The van der Waals surface area contributed by atoms with Gasteiger partial charge in [-0.1, -0.05) is 23.7 Å². The number of rotatable bonds is 4. The van der Waals surface area contributed by atoms with Crippen LogP contribution in [0.4, 0.5) is 0 Å². The lowest BCUT2D eigenvalue weighted by Crippen LogP contribution is -2.11. The monoisotopic (exact) mass is 246 g/mol. The van der Waals surface area contributed by atoms with E-state index in [1.54, 1.807) is 12.1 Å². The molecule has 0 bridgehead atoms. The number of ether oxygens (including phenoxy) is 1. The zero-order valence-corrected chi connectivity index (χ0v) is 9.89. The van der Waals surface area contributed by atoms with Gasteiger partial charge >= 0.3 is 5.97 Å². The molecule has 2 nitrogen and oxygen atoms in total. The van der Waals surface area contributed by atoms with Crippen LogP contribution in [-0.4, -0.2) is 18.5 Å². The average molecular weight is 247 g/mol. The number of methoxy groups -OCH3 is 1. The Hall–Kier alpha value is -0.730. The summed E-state index contributed by atoms with van der Waals surface area (Å²) in [6.45, 7) is 0. The number of alkyl halides is 1. The Balaban J connectivity index is 2.47. The Bertz CT molecular complexity index is 322. The minimum atomic E-state index is -0.288. The lowest BCUT2D eigenvalue weighted by atomic mass is 10.1. The molecule has 1 aromatic carbocycles. The van der Waals surface area contributed by atoms with Crippen LogP contribution in [0.15, 0.2) is 24.3 Å². The van der Waals surface area contributed by atoms with Crippen LogP contribution in [0.3, 0.4) is 0 Å². The number of esters is 1. The van der Waals surface area contributed by atoms with Gasteiger partial charge in [0.1, 0.15) is 0 Å². The zero-order chi connectivity index (χ0) is 11.3. The van der Waals surface area contributed by atoms with E-state index in [0.29, 0.717) is 11.4 Å². The van der Waals surface area contributed by atoms with E-state index in [0.717, 1.165) is 5.56 Å². The van der Waals surface area contributed by atoms with Crippen molar-refractivity contribution in [1.82, 2.24) is 0 Å². The molecule has 1 unspecified atom stereocenters. The third-order valence-electron chi connectivity index (χ3n) is 1.99. The summed E-state index contributed by atoms with van der Waals surface area (Å²) in [7, 11) is 1.36. The third kappa shape index (κ3) is 4.54. The summed E-state index contributed by atoms with van der Waals surface area (Å²) in [5.41, 5.74) is 1.06. The van der Waals surface area contributed by atoms with E-state index >= 15 is 0 Å². The van der Waals surface area contributed by atoms with E-state index in [2.05, 4.69) is 4.74 Å². The molecule has 1 aromatic rings. The highest BCUT2D eigenvalue weighted by Crippen LogP contribution is 2.15. The summed E-state index contributed by atoms with van der Waals surface area (Å²) in [5, 5.41) is 0.455. The Morgan fingerprint density at radius 2 is 2.00 bits per heavy atom. The van der Waals surface area contributed by atoms with E-state index in [9.17, 15) is 4.79 Å². The second kappa shape index (κ2) is 5.99. The van der Waals surface area contributed by atoms with Crippen molar-refractivity contribution in [1.29, 1.82) is 0 Å². The van der Waals surface area contributed by atoms with Gasteiger partial charge in [-0.05, 0) is 24.1 Å². The molecule has 0 aliphatic heterocycles. The quantitative estimate of drug-likeness (QED) is 0.603. The van der Waals surface area contributed by atoms with Gasteiger partial charge in [0.05, 0.1) is 13.5 Å². The Labute approximate surface area is 99.1 Å². The number of hydrogen-bond donors (Lipinski definition) is 0. The van der Waals surface area contributed by atoms with Crippen molar-refractivity contribution >= 4 is 29.2 Å². The smallest absolute Gasteiger partial charge is 0.307 e. The number of hydrogen-bond acceptors (Lipinski definition) is 2. The van der Waals surface area contributed by atoms with Crippen molar-refractivity contribution in [2.24, 2.45) is 0 Å². The molecule has 1 rings (SSSR count). The zero-order valence-electron chi connectivity index (χ0n) is 8.37. The number of carbonyl (C=O) groups excluding carboxylic acids is 1. The van der Waals surface area contributed by atoms with Crippen molar-refractivity contribution in [3.05, 3.63) is 34.9 Å². The number of benzene rings is 1. The van der Waals surface area contributed by atoms with Gasteiger partial charge in [-0.3, -0.25) is 4.79 Å². The highest BCUT2D eigenvalue weighted by molar-refractivity contribution is 6.30. The van der Waals surface area contributed by atoms with Gasteiger partial charge in [0.15, 0.2) is 0 Å². The van der Waals surface area contributed by atoms with Crippen LogP contribution in [0.5, 0.6) is 0 Å². The minimum Gasteiger partial charge on any atom is -0.469 e. The summed E-state index contributed by atoms with van der Waals surface area (Å²) in [5.74, 6) is -0.288. The topological polar surface area (TPSA) is 26.3 Å². The highest BCUT2D eigenvalue weighted by Gasteiger charge is 2.11. The molecule has 0 N–H and O–H groups in total. The fourth-order valence-corrected chi connectivity index (χ4v) is 1.64. The van der Waals surface area contributed by atoms with Gasteiger partial charge in [-0.25, -0.2) is 0 Å². The molecule has 0 heterocycles. The van der Waals surface area contributed by atoms with Crippen LogP contribution in [-0.2, 0) is 16.0 Å². The summed E-state index contributed by atoms with van der Waals surface area (Å²) in [6, 6.07) is 7.40. The largest absolute Gasteiger partial charge is 0.469 e. The first-order chi connectivity index (χ1) is 7.11. The minimum absolute atomic E-state index is 0.223. The van der Waals surface area contributed by atoms with Crippen molar-refractivity contribution < 1.29 is 9.53 Å². The average Bonchev–Trinajstić information content (AvgIpc) is 2.21. The first-order valence-corrected chi connectivity index (χ1v) is 5.38. The molecule has 0 amide bonds. The third-order valence-corrected chi connectivity index (χ3v) is 2.55. The molecule has 1 atom stereocenters. The highest BCUT2D eigenvalue weighted by atomic mass is 35.5. The predicted molar refractivity (Wildman–Crippen MR) is 61.4 cm³/mol. The molecule has 82 valence electrons. The first-order valence-electron chi connectivity index (χ1n) is 4.57. The van der Waals surface area contributed by atoms with E-state index in [1.165, 1.54) is 7.11 Å². The molecule has 0 aliphatic rings. The molecule has 0 saturated heterocycles. The van der Waals surface area contributed by atoms with E-state index in [1.807, 2.05) is 12.1 Å². The van der Waals surface area contributed by atoms with Gasteiger partial charge in [0, 0.05) is 10.4 Å². The van der Waals surface area contributed by atoms with E-state index in [4.69, 9.17) is 23.2 Å². The Kier molecular flexibility index (Phi) is 4.92. The van der Waals surface area contributed by atoms with Crippen LogP contribution in [0.2, 0.25) is 5.02 Å². The van der Waals surface area contributed by atoms with E-state index in [-0.39, 0.29) is 17.8 Å². The molecule has 0 aromatic heterocycles. The summed E-state index contributed by atoms with van der Waals surface area (Å²) >= 11 is 11.7. The maximum Gasteiger partial charge on any atom is 0.307 e. The van der Waals surface area contributed by atoms with Crippen LogP contribution in [0, 0.1) is 0 Å². The number of carbonyl (C=O) groups is 1.